The summed E-state index contributed by atoms with van der Waals surface area (Å²) in [7, 11) is 0. The fraction of sp³-hybridized carbons (Fsp3) is 0.200. The third-order valence-corrected chi connectivity index (χ3v) is 3.93. The standard InChI is InChI=1S/C15H12BrClO3/c16-11-3-1-2-9(4-11)5-13(18)10-6-12(17)15-14(7-10)19-8-20-15/h1-4,6-7,13,18H,5,8H2. The van der Waals surface area contributed by atoms with Crippen LogP contribution in [0.15, 0.2) is 40.9 Å². The molecule has 0 fully saturated rings. The number of rotatable bonds is 3. The lowest BCUT2D eigenvalue weighted by molar-refractivity contribution is 0.171. The molecule has 0 aliphatic carbocycles. The summed E-state index contributed by atoms with van der Waals surface area (Å²) in [5.41, 5.74) is 1.76. The predicted octanol–water partition coefficient (Wildman–Crippen LogP) is 4.11. The summed E-state index contributed by atoms with van der Waals surface area (Å²) < 4.78 is 11.6. The molecule has 3 rings (SSSR count). The molecule has 0 bridgehead atoms. The van der Waals surface area contributed by atoms with Crippen LogP contribution in [-0.2, 0) is 6.42 Å². The first-order valence-electron chi connectivity index (χ1n) is 6.15. The van der Waals surface area contributed by atoms with Crippen LogP contribution in [0.3, 0.4) is 0 Å². The molecule has 0 saturated heterocycles. The molecule has 5 heteroatoms. The Bertz CT molecular complexity index is 645. The Morgan fingerprint density at radius 2 is 2.10 bits per heavy atom. The third kappa shape index (κ3) is 2.77. The number of benzene rings is 2. The summed E-state index contributed by atoms with van der Waals surface area (Å²) >= 11 is 9.54. The van der Waals surface area contributed by atoms with Gasteiger partial charge >= 0.3 is 0 Å². The molecule has 1 aliphatic rings. The van der Waals surface area contributed by atoms with E-state index in [9.17, 15) is 5.11 Å². The molecule has 1 N–H and O–H groups in total. The summed E-state index contributed by atoms with van der Waals surface area (Å²) in [5.74, 6) is 1.13. The van der Waals surface area contributed by atoms with Crippen molar-refractivity contribution in [3.05, 3.63) is 57.0 Å². The molecule has 20 heavy (non-hydrogen) atoms. The highest BCUT2D eigenvalue weighted by Crippen LogP contribution is 2.41. The van der Waals surface area contributed by atoms with E-state index in [1.54, 1.807) is 12.1 Å². The molecule has 3 nitrogen and oxygen atoms in total. The van der Waals surface area contributed by atoms with Crippen LogP contribution in [-0.4, -0.2) is 11.9 Å². The number of hydrogen-bond donors (Lipinski definition) is 1. The van der Waals surface area contributed by atoms with E-state index >= 15 is 0 Å². The quantitative estimate of drug-likeness (QED) is 0.900. The van der Waals surface area contributed by atoms with Crippen molar-refractivity contribution in [3.8, 4) is 11.5 Å². The van der Waals surface area contributed by atoms with E-state index in [4.69, 9.17) is 21.1 Å². The number of hydrogen-bond acceptors (Lipinski definition) is 3. The first kappa shape index (κ1) is 13.7. The van der Waals surface area contributed by atoms with Gasteiger partial charge in [-0.05, 0) is 35.4 Å². The molecule has 1 atom stereocenters. The van der Waals surface area contributed by atoms with Gasteiger partial charge in [-0.1, -0.05) is 39.7 Å². The van der Waals surface area contributed by atoms with E-state index in [1.807, 2.05) is 24.3 Å². The zero-order valence-corrected chi connectivity index (χ0v) is 12.8. The van der Waals surface area contributed by atoms with Crippen LogP contribution in [0.1, 0.15) is 17.2 Å². The minimum Gasteiger partial charge on any atom is -0.454 e. The van der Waals surface area contributed by atoms with Crippen molar-refractivity contribution >= 4 is 27.5 Å². The molecule has 0 radical (unpaired) electrons. The molecule has 0 saturated carbocycles. The van der Waals surface area contributed by atoms with Crippen LogP contribution in [0.4, 0.5) is 0 Å². The topological polar surface area (TPSA) is 38.7 Å². The molecule has 1 unspecified atom stereocenters. The van der Waals surface area contributed by atoms with Gasteiger partial charge in [0.25, 0.3) is 0 Å². The molecule has 2 aromatic carbocycles. The summed E-state index contributed by atoms with van der Waals surface area (Å²) in [6.07, 6.45) is -0.133. The third-order valence-electron chi connectivity index (χ3n) is 3.15. The van der Waals surface area contributed by atoms with Crippen molar-refractivity contribution < 1.29 is 14.6 Å². The Labute approximate surface area is 130 Å². The Hall–Kier alpha value is -1.23. The van der Waals surface area contributed by atoms with Gasteiger partial charge in [-0.3, -0.25) is 0 Å². The molecular weight excluding hydrogens is 344 g/mol. The van der Waals surface area contributed by atoms with E-state index in [1.165, 1.54) is 0 Å². The zero-order chi connectivity index (χ0) is 14.1. The van der Waals surface area contributed by atoms with E-state index in [-0.39, 0.29) is 6.79 Å². The average Bonchev–Trinajstić information content (AvgIpc) is 2.87. The lowest BCUT2D eigenvalue weighted by atomic mass is 10.0. The molecule has 0 aromatic heterocycles. The number of ether oxygens (including phenoxy) is 2. The Kier molecular flexibility index (Phi) is 3.87. The first-order valence-corrected chi connectivity index (χ1v) is 7.32. The fourth-order valence-corrected chi connectivity index (χ4v) is 2.91. The van der Waals surface area contributed by atoms with Crippen molar-refractivity contribution in [2.75, 3.05) is 6.79 Å². The van der Waals surface area contributed by atoms with Gasteiger partial charge in [0.15, 0.2) is 11.5 Å². The van der Waals surface area contributed by atoms with Crippen molar-refractivity contribution in [2.24, 2.45) is 0 Å². The number of aliphatic hydroxyl groups is 1. The number of halogens is 2. The smallest absolute Gasteiger partial charge is 0.231 e. The Balaban J connectivity index is 1.84. The van der Waals surface area contributed by atoms with Gasteiger partial charge in [-0.25, -0.2) is 0 Å². The first-order chi connectivity index (χ1) is 9.63. The lowest BCUT2D eigenvalue weighted by Gasteiger charge is -2.13. The van der Waals surface area contributed by atoms with Crippen molar-refractivity contribution in [1.82, 2.24) is 0 Å². The monoisotopic (exact) mass is 354 g/mol. The van der Waals surface area contributed by atoms with Gasteiger partial charge in [-0.2, -0.15) is 0 Å². The predicted molar refractivity (Wildman–Crippen MR) is 80.4 cm³/mol. The van der Waals surface area contributed by atoms with Crippen molar-refractivity contribution in [2.45, 2.75) is 12.5 Å². The minimum absolute atomic E-state index is 0.167. The summed E-state index contributed by atoms with van der Waals surface area (Å²) in [5, 5.41) is 10.8. The molecule has 1 heterocycles. The van der Waals surface area contributed by atoms with Crippen LogP contribution in [0, 0.1) is 0 Å². The second-order valence-corrected chi connectivity index (χ2v) is 5.91. The van der Waals surface area contributed by atoms with Crippen LogP contribution < -0.4 is 9.47 Å². The Morgan fingerprint density at radius 1 is 1.25 bits per heavy atom. The zero-order valence-electron chi connectivity index (χ0n) is 10.5. The number of aliphatic hydroxyl groups excluding tert-OH is 1. The van der Waals surface area contributed by atoms with Crippen molar-refractivity contribution in [1.29, 1.82) is 0 Å². The SMILES string of the molecule is OC(Cc1cccc(Br)c1)c1cc(Cl)c2c(c1)OCO2. The van der Waals surface area contributed by atoms with E-state index in [0.29, 0.717) is 22.9 Å². The highest BCUT2D eigenvalue weighted by Gasteiger charge is 2.21. The van der Waals surface area contributed by atoms with Crippen LogP contribution in [0.25, 0.3) is 0 Å². The van der Waals surface area contributed by atoms with Gasteiger partial charge in [0.2, 0.25) is 6.79 Å². The van der Waals surface area contributed by atoms with E-state index < -0.39 is 6.10 Å². The summed E-state index contributed by atoms with van der Waals surface area (Å²) in [4.78, 5) is 0. The highest BCUT2D eigenvalue weighted by molar-refractivity contribution is 9.10. The minimum atomic E-state index is -0.642. The van der Waals surface area contributed by atoms with Gasteiger partial charge in [0.1, 0.15) is 0 Å². The number of fused-ring (bicyclic) bond motifs is 1. The maximum absolute atomic E-state index is 10.4. The van der Waals surface area contributed by atoms with Gasteiger partial charge in [0, 0.05) is 10.9 Å². The summed E-state index contributed by atoms with van der Waals surface area (Å²) in [6, 6.07) is 11.3. The molecule has 1 aliphatic heterocycles. The molecule has 0 spiro atoms. The molecule has 2 aromatic rings. The van der Waals surface area contributed by atoms with Gasteiger partial charge < -0.3 is 14.6 Å². The highest BCUT2D eigenvalue weighted by atomic mass is 79.9. The van der Waals surface area contributed by atoms with Crippen LogP contribution in [0.2, 0.25) is 5.02 Å². The van der Waals surface area contributed by atoms with Crippen molar-refractivity contribution in [3.63, 3.8) is 0 Å². The fourth-order valence-electron chi connectivity index (χ4n) is 2.18. The second kappa shape index (κ2) is 5.64. The van der Waals surface area contributed by atoms with E-state index in [2.05, 4.69) is 15.9 Å². The molecule has 104 valence electrons. The maximum Gasteiger partial charge on any atom is 0.231 e. The maximum atomic E-state index is 10.4. The van der Waals surface area contributed by atoms with Crippen LogP contribution in [0.5, 0.6) is 11.5 Å². The largest absolute Gasteiger partial charge is 0.454 e. The summed E-state index contributed by atoms with van der Waals surface area (Å²) in [6.45, 7) is 0.167. The van der Waals surface area contributed by atoms with Gasteiger partial charge in [0.05, 0.1) is 11.1 Å². The van der Waals surface area contributed by atoms with E-state index in [0.717, 1.165) is 15.6 Å². The average molecular weight is 356 g/mol. The Morgan fingerprint density at radius 3 is 2.90 bits per heavy atom. The molecule has 0 amide bonds. The second-order valence-electron chi connectivity index (χ2n) is 4.59. The lowest BCUT2D eigenvalue weighted by Crippen LogP contribution is -2.02. The van der Waals surface area contributed by atoms with Gasteiger partial charge in [-0.15, -0.1) is 0 Å². The normalized spacial score (nSPS) is 14.3. The van der Waals surface area contributed by atoms with Crippen LogP contribution >= 0.6 is 27.5 Å². The molecular formula is C15H12BrClO3.